The van der Waals surface area contributed by atoms with Gasteiger partial charge in [-0.3, -0.25) is 0 Å². The molecule has 0 bridgehead atoms. The summed E-state index contributed by atoms with van der Waals surface area (Å²) in [6.45, 7) is 0.342. The molecular formula is C22H16OS2. The van der Waals surface area contributed by atoms with Gasteiger partial charge in [-0.1, -0.05) is 72.9 Å². The second-order valence-corrected chi connectivity index (χ2v) is 7.24. The zero-order valence-electron chi connectivity index (χ0n) is 13.5. The van der Waals surface area contributed by atoms with Gasteiger partial charge in [-0.05, 0) is 50.9 Å². The molecule has 0 aliphatic rings. The number of rotatable bonds is 4. The molecule has 0 saturated heterocycles. The second kappa shape index (κ2) is 6.87. The van der Waals surface area contributed by atoms with Gasteiger partial charge >= 0.3 is 0 Å². The Morgan fingerprint density at radius 3 is 1.92 bits per heavy atom. The van der Waals surface area contributed by atoms with Gasteiger partial charge in [-0.2, -0.15) is 0 Å². The van der Waals surface area contributed by atoms with Crippen LogP contribution in [0.2, 0.25) is 0 Å². The Morgan fingerprint density at radius 2 is 1.36 bits per heavy atom. The third kappa shape index (κ3) is 3.26. The minimum Gasteiger partial charge on any atom is -0.488 e. The lowest BCUT2D eigenvalue weighted by Gasteiger charge is -2.13. The van der Waals surface area contributed by atoms with E-state index in [1.54, 1.807) is 0 Å². The molecule has 0 atom stereocenters. The predicted molar refractivity (Wildman–Crippen MR) is 114 cm³/mol. The van der Waals surface area contributed by atoms with Gasteiger partial charge < -0.3 is 4.74 Å². The highest BCUT2D eigenvalue weighted by Gasteiger charge is 2.09. The van der Waals surface area contributed by atoms with Crippen molar-refractivity contribution in [2.24, 2.45) is 0 Å². The zero-order valence-corrected chi connectivity index (χ0v) is 15.2. The van der Waals surface area contributed by atoms with Crippen LogP contribution < -0.4 is 4.74 Å². The van der Waals surface area contributed by atoms with E-state index in [2.05, 4.69) is 79.4 Å². The van der Waals surface area contributed by atoms with Gasteiger partial charge in [0.1, 0.15) is 12.4 Å². The zero-order chi connectivity index (χ0) is 17.2. The van der Waals surface area contributed by atoms with Crippen LogP contribution in [0.5, 0.6) is 5.75 Å². The summed E-state index contributed by atoms with van der Waals surface area (Å²) >= 11 is 9.04. The van der Waals surface area contributed by atoms with Crippen molar-refractivity contribution in [3.8, 4) is 16.9 Å². The molecule has 0 unspecified atom stereocenters. The average molecular weight is 361 g/mol. The summed E-state index contributed by atoms with van der Waals surface area (Å²) in [5.41, 5.74) is 2.43. The minimum atomic E-state index is 0.342. The third-order valence-electron chi connectivity index (χ3n) is 4.28. The molecule has 0 spiro atoms. The molecule has 0 N–H and O–H groups in total. The van der Waals surface area contributed by atoms with Gasteiger partial charge in [-0.25, -0.2) is 0 Å². The summed E-state index contributed by atoms with van der Waals surface area (Å²) in [6, 6.07) is 27.5. The van der Waals surface area contributed by atoms with E-state index in [-0.39, 0.29) is 0 Å². The highest BCUT2D eigenvalue weighted by atomic mass is 32.1. The van der Waals surface area contributed by atoms with Crippen molar-refractivity contribution in [1.82, 2.24) is 0 Å². The van der Waals surface area contributed by atoms with Gasteiger partial charge in [0.25, 0.3) is 0 Å². The van der Waals surface area contributed by atoms with Crippen LogP contribution in [-0.4, -0.2) is 10.8 Å². The normalized spacial score (nSPS) is 10.9. The molecule has 0 fully saturated rings. The Bertz CT molecular complexity index is 1010. The number of ether oxygens (including phenoxy) is 1. The maximum Gasteiger partial charge on any atom is 0.129 e. The van der Waals surface area contributed by atoms with Crippen molar-refractivity contribution < 1.29 is 4.74 Å². The fourth-order valence-corrected chi connectivity index (χ4v) is 3.31. The molecule has 0 radical (unpaired) electrons. The molecule has 0 aromatic heterocycles. The smallest absolute Gasteiger partial charge is 0.129 e. The first-order valence-electron chi connectivity index (χ1n) is 8.08. The van der Waals surface area contributed by atoms with Crippen LogP contribution >= 0.6 is 24.8 Å². The van der Waals surface area contributed by atoms with E-state index in [1.807, 2.05) is 12.1 Å². The molecule has 25 heavy (non-hydrogen) atoms. The summed E-state index contributed by atoms with van der Waals surface area (Å²) in [7, 11) is 0. The lowest BCUT2D eigenvalue weighted by atomic mass is 9.92. The summed E-state index contributed by atoms with van der Waals surface area (Å²) < 4.78 is 6.16. The Morgan fingerprint density at radius 1 is 0.800 bits per heavy atom. The molecule has 0 amide bonds. The number of thiol groups is 1. The second-order valence-electron chi connectivity index (χ2n) is 5.90. The Balaban J connectivity index is 1.88. The summed E-state index contributed by atoms with van der Waals surface area (Å²) in [4.78, 5) is 0. The lowest BCUT2D eigenvalue weighted by Crippen LogP contribution is -2.02. The van der Waals surface area contributed by atoms with Crippen molar-refractivity contribution in [3.05, 3.63) is 78.9 Å². The van der Waals surface area contributed by atoms with Crippen LogP contribution in [-0.2, 0) is 0 Å². The highest BCUT2D eigenvalue weighted by Crippen LogP contribution is 2.36. The van der Waals surface area contributed by atoms with E-state index >= 15 is 0 Å². The number of hydrogen-bond donors (Lipinski definition) is 1. The first kappa shape index (κ1) is 16.1. The largest absolute Gasteiger partial charge is 0.488 e. The lowest BCUT2D eigenvalue weighted by molar-refractivity contribution is 0.381. The van der Waals surface area contributed by atoms with E-state index in [4.69, 9.17) is 17.0 Å². The maximum atomic E-state index is 5.62. The fraction of sp³-hybridized carbons (Fsp3) is 0.0455. The van der Waals surface area contributed by atoms with Crippen LogP contribution in [0.1, 0.15) is 0 Å². The first-order valence-corrected chi connectivity index (χ1v) is 8.93. The average Bonchev–Trinajstić information content (AvgIpc) is 2.65. The number of thiocarbonyl (C=S) groups is 1. The number of fused-ring (bicyclic) bond motifs is 2. The molecule has 3 heteroatoms. The molecule has 4 aromatic rings. The standard InChI is InChI=1S/C22H16OS2/c24-21(25)14-23-18-11-9-15(10-12-18)22-19-7-3-1-5-16(19)13-17-6-2-4-8-20(17)22/h1-13H,14H2,(H,24,25). The van der Waals surface area contributed by atoms with Crippen molar-refractivity contribution in [1.29, 1.82) is 0 Å². The molecule has 4 aromatic carbocycles. The van der Waals surface area contributed by atoms with Crippen molar-refractivity contribution in [3.63, 3.8) is 0 Å². The van der Waals surface area contributed by atoms with E-state index in [0.29, 0.717) is 10.8 Å². The van der Waals surface area contributed by atoms with Crippen molar-refractivity contribution in [2.75, 3.05) is 6.61 Å². The third-order valence-corrected chi connectivity index (χ3v) is 4.52. The number of benzene rings is 4. The van der Waals surface area contributed by atoms with Gasteiger partial charge in [0, 0.05) is 0 Å². The molecule has 122 valence electrons. The van der Waals surface area contributed by atoms with Gasteiger partial charge in [0.05, 0.1) is 4.20 Å². The van der Waals surface area contributed by atoms with Crippen LogP contribution in [0, 0.1) is 0 Å². The Kier molecular flexibility index (Phi) is 4.43. The van der Waals surface area contributed by atoms with Gasteiger partial charge in [0.15, 0.2) is 0 Å². The van der Waals surface area contributed by atoms with E-state index in [9.17, 15) is 0 Å². The van der Waals surface area contributed by atoms with Crippen LogP contribution in [0.15, 0.2) is 78.9 Å². The van der Waals surface area contributed by atoms with Crippen LogP contribution in [0.3, 0.4) is 0 Å². The fourth-order valence-electron chi connectivity index (χ4n) is 3.19. The molecule has 0 heterocycles. The van der Waals surface area contributed by atoms with Crippen molar-refractivity contribution >= 4 is 50.6 Å². The topological polar surface area (TPSA) is 9.23 Å². The summed E-state index contributed by atoms with van der Waals surface area (Å²) in [5.74, 6) is 0.796. The predicted octanol–water partition coefficient (Wildman–Crippen LogP) is 6.30. The van der Waals surface area contributed by atoms with Gasteiger partial charge in [-0.15, -0.1) is 12.6 Å². The number of hydrogen-bond acceptors (Lipinski definition) is 2. The molecular weight excluding hydrogens is 344 g/mol. The molecule has 4 rings (SSSR count). The Labute approximate surface area is 157 Å². The maximum absolute atomic E-state index is 5.62. The SMILES string of the molecule is S=C(S)COc1ccc(-c2c3ccccc3cc3ccccc23)cc1. The Hall–Kier alpha value is -2.36. The van der Waals surface area contributed by atoms with E-state index in [0.717, 1.165) is 5.75 Å². The quantitative estimate of drug-likeness (QED) is 0.260. The van der Waals surface area contributed by atoms with Crippen LogP contribution in [0.25, 0.3) is 32.7 Å². The highest BCUT2D eigenvalue weighted by molar-refractivity contribution is 8.11. The molecule has 1 nitrogen and oxygen atoms in total. The van der Waals surface area contributed by atoms with E-state index < -0.39 is 0 Å². The summed E-state index contributed by atoms with van der Waals surface area (Å²) in [6.07, 6.45) is 0. The van der Waals surface area contributed by atoms with E-state index in [1.165, 1.54) is 32.7 Å². The molecule has 0 saturated carbocycles. The van der Waals surface area contributed by atoms with Crippen molar-refractivity contribution in [2.45, 2.75) is 0 Å². The minimum absolute atomic E-state index is 0.342. The first-order chi connectivity index (χ1) is 12.2. The summed E-state index contributed by atoms with van der Waals surface area (Å²) in [5, 5.41) is 5.01. The monoisotopic (exact) mass is 360 g/mol. The molecule has 0 aliphatic carbocycles. The molecule has 0 aliphatic heterocycles. The van der Waals surface area contributed by atoms with Gasteiger partial charge in [0.2, 0.25) is 0 Å². The van der Waals surface area contributed by atoms with Crippen LogP contribution in [0.4, 0.5) is 0 Å².